The maximum absolute atomic E-state index is 13.4. The van der Waals surface area contributed by atoms with Crippen LogP contribution in [-0.2, 0) is 11.3 Å². The number of ether oxygens (including phenoxy) is 1. The van der Waals surface area contributed by atoms with Crippen molar-refractivity contribution in [2.75, 3.05) is 7.11 Å². The van der Waals surface area contributed by atoms with E-state index in [9.17, 15) is 24.8 Å². The molecule has 2 N–H and O–H groups in total. The van der Waals surface area contributed by atoms with Crippen molar-refractivity contribution < 1.29 is 29.5 Å². The summed E-state index contributed by atoms with van der Waals surface area (Å²) in [5, 5.41) is 31.2. The summed E-state index contributed by atoms with van der Waals surface area (Å²) in [7, 11) is 1.54. The van der Waals surface area contributed by atoms with E-state index in [1.54, 1.807) is 43.5 Å². The molecule has 1 amide bonds. The Morgan fingerprint density at radius 2 is 1.86 bits per heavy atom. The summed E-state index contributed by atoms with van der Waals surface area (Å²) in [5.41, 5.74) is 1.18. The topological polar surface area (TPSA) is 143 Å². The van der Waals surface area contributed by atoms with Gasteiger partial charge in [-0.25, -0.2) is 9.79 Å². The first-order chi connectivity index (χ1) is 17.7. The molecule has 0 radical (unpaired) electrons. The number of hydrogen-bond donors (Lipinski definition) is 2. The van der Waals surface area contributed by atoms with Crippen LogP contribution in [0.2, 0.25) is 0 Å². The molecule has 3 aromatic rings. The van der Waals surface area contributed by atoms with E-state index in [1.807, 2.05) is 0 Å². The highest BCUT2D eigenvalue weighted by Crippen LogP contribution is 2.39. The van der Waals surface area contributed by atoms with Crippen molar-refractivity contribution in [2.24, 2.45) is 4.99 Å². The van der Waals surface area contributed by atoms with Crippen LogP contribution in [0, 0.1) is 10.1 Å². The zero-order valence-electron chi connectivity index (χ0n) is 19.1. The van der Waals surface area contributed by atoms with E-state index in [0.29, 0.717) is 22.2 Å². The number of carbonyl (C=O) groups is 2. The predicted octanol–water partition coefficient (Wildman–Crippen LogP) is 5.57. The number of thioether (sulfide) groups is 1. The number of benzene rings is 3. The van der Waals surface area contributed by atoms with Gasteiger partial charge >= 0.3 is 5.97 Å². The van der Waals surface area contributed by atoms with Crippen LogP contribution < -0.4 is 4.74 Å². The highest BCUT2D eigenvalue weighted by atomic mass is 79.9. The summed E-state index contributed by atoms with van der Waals surface area (Å²) in [4.78, 5) is 41.5. The maximum atomic E-state index is 13.4. The van der Waals surface area contributed by atoms with Crippen LogP contribution in [-0.4, -0.2) is 44.2 Å². The van der Waals surface area contributed by atoms with Gasteiger partial charge in [-0.2, -0.15) is 0 Å². The number of carboxylic acids is 1. The first kappa shape index (κ1) is 25.9. The number of aromatic carboxylic acids is 1. The number of carboxylic acid groups (broad SMARTS) is 1. The zero-order valence-corrected chi connectivity index (χ0v) is 21.5. The van der Waals surface area contributed by atoms with Crippen LogP contribution in [0.3, 0.4) is 0 Å². The Morgan fingerprint density at radius 1 is 1.19 bits per heavy atom. The number of nitro benzene ring substituents is 1. The molecule has 1 aliphatic heterocycles. The highest BCUT2D eigenvalue weighted by Gasteiger charge is 2.34. The van der Waals surface area contributed by atoms with E-state index >= 15 is 0 Å². The first-order valence-electron chi connectivity index (χ1n) is 10.6. The molecule has 0 aliphatic carbocycles. The molecular formula is C25H18BrN3O7S. The third-order valence-electron chi connectivity index (χ3n) is 5.30. The van der Waals surface area contributed by atoms with Crippen LogP contribution >= 0.6 is 27.7 Å². The lowest BCUT2D eigenvalue weighted by molar-refractivity contribution is -0.385. The van der Waals surface area contributed by atoms with Gasteiger partial charge in [0.2, 0.25) is 0 Å². The van der Waals surface area contributed by atoms with Crippen molar-refractivity contribution in [1.82, 2.24) is 4.90 Å². The average Bonchev–Trinajstić information content (AvgIpc) is 3.16. The second kappa shape index (κ2) is 10.8. The molecule has 37 heavy (non-hydrogen) atoms. The maximum Gasteiger partial charge on any atom is 0.335 e. The Hall–Kier alpha value is -4.16. The number of aliphatic imine (C=N–C) groups is 1. The van der Waals surface area contributed by atoms with Crippen molar-refractivity contribution in [1.29, 1.82) is 0 Å². The Bertz CT molecular complexity index is 1450. The number of carbonyl (C=O) groups excluding carboxylic acids is 1. The molecule has 0 atom stereocenters. The molecule has 0 bridgehead atoms. The number of aromatic hydroxyl groups is 1. The van der Waals surface area contributed by atoms with Crippen LogP contribution in [0.1, 0.15) is 21.5 Å². The lowest BCUT2D eigenvalue weighted by Crippen LogP contribution is -2.28. The minimum absolute atomic E-state index is 0.0911. The Balaban J connectivity index is 1.74. The lowest BCUT2D eigenvalue weighted by atomic mass is 10.1. The Labute approximate surface area is 223 Å². The molecule has 0 aromatic heterocycles. The van der Waals surface area contributed by atoms with E-state index in [-0.39, 0.29) is 38.5 Å². The van der Waals surface area contributed by atoms with Crippen molar-refractivity contribution in [3.8, 4) is 11.5 Å². The predicted molar refractivity (Wildman–Crippen MR) is 142 cm³/mol. The summed E-state index contributed by atoms with van der Waals surface area (Å²) in [6, 6.07) is 15.4. The number of nitro groups is 1. The van der Waals surface area contributed by atoms with Crippen LogP contribution in [0.4, 0.5) is 11.4 Å². The van der Waals surface area contributed by atoms with Crippen molar-refractivity contribution in [3.05, 3.63) is 96.8 Å². The molecule has 0 spiro atoms. The van der Waals surface area contributed by atoms with Gasteiger partial charge in [0.05, 0.1) is 39.2 Å². The zero-order chi connectivity index (χ0) is 26.7. The van der Waals surface area contributed by atoms with Gasteiger partial charge in [-0.3, -0.25) is 19.8 Å². The van der Waals surface area contributed by atoms with Gasteiger partial charge in [-0.15, -0.1) is 0 Å². The molecule has 12 heteroatoms. The minimum atomic E-state index is -1.06. The average molecular weight is 584 g/mol. The van der Waals surface area contributed by atoms with Gasteiger partial charge < -0.3 is 14.9 Å². The molecule has 1 saturated heterocycles. The molecule has 4 rings (SSSR count). The molecular weight excluding hydrogens is 566 g/mol. The number of amidine groups is 1. The van der Waals surface area contributed by atoms with E-state index in [0.717, 1.165) is 11.8 Å². The van der Waals surface area contributed by atoms with E-state index in [4.69, 9.17) is 9.84 Å². The molecule has 188 valence electrons. The second-order valence-electron chi connectivity index (χ2n) is 7.72. The first-order valence-corrected chi connectivity index (χ1v) is 12.2. The Morgan fingerprint density at radius 3 is 2.46 bits per heavy atom. The van der Waals surface area contributed by atoms with Gasteiger partial charge in [0.15, 0.2) is 5.17 Å². The number of methoxy groups -OCH3 is 1. The third kappa shape index (κ3) is 5.81. The molecule has 0 unspecified atom stereocenters. The van der Waals surface area contributed by atoms with E-state index in [2.05, 4.69) is 20.9 Å². The van der Waals surface area contributed by atoms with Gasteiger partial charge in [0, 0.05) is 17.7 Å². The van der Waals surface area contributed by atoms with Gasteiger partial charge in [0.1, 0.15) is 11.5 Å². The second-order valence-corrected chi connectivity index (χ2v) is 9.58. The number of phenols is 1. The van der Waals surface area contributed by atoms with Crippen LogP contribution in [0.25, 0.3) is 6.08 Å². The normalized spacial score (nSPS) is 15.4. The number of amides is 1. The smallest absolute Gasteiger partial charge is 0.335 e. The number of hydrogen-bond acceptors (Lipinski definition) is 8. The SMILES string of the molecule is COc1ccc(N=C2S/C(=C\c3cc([N+](=O)[O-])cc(Br)c3O)C(=O)N2Cc2ccc(C(=O)O)cc2)cc1. The van der Waals surface area contributed by atoms with Crippen LogP contribution in [0.5, 0.6) is 11.5 Å². The summed E-state index contributed by atoms with van der Waals surface area (Å²) in [6.07, 6.45) is 1.37. The molecule has 0 saturated carbocycles. The number of rotatable bonds is 7. The molecule has 10 nitrogen and oxygen atoms in total. The molecule has 1 fully saturated rings. The standard InChI is InChI=1S/C25H18BrN3O7S/c1-36-19-8-6-17(7-9-19)27-25-28(13-14-2-4-15(5-3-14)24(32)33)23(31)21(37-25)11-16-10-18(29(34)35)12-20(26)22(16)30/h2-12,30H,13H2,1H3,(H,32,33)/b21-11-,27-25?. The summed E-state index contributed by atoms with van der Waals surface area (Å²) in [5.74, 6) is -1.10. The van der Waals surface area contributed by atoms with Gasteiger partial charge in [0.25, 0.3) is 11.6 Å². The van der Waals surface area contributed by atoms with Crippen molar-refractivity contribution >= 4 is 62.2 Å². The number of non-ortho nitro benzene ring substituents is 1. The molecule has 1 aliphatic rings. The van der Waals surface area contributed by atoms with Crippen molar-refractivity contribution in [2.45, 2.75) is 6.54 Å². The van der Waals surface area contributed by atoms with Crippen molar-refractivity contribution in [3.63, 3.8) is 0 Å². The van der Waals surface area contributed by atoms with E-state index in [1.165, 1.54) is 35.2 Å². The number of halogens is 1. The lowest BCUT2D eigenvalue weighted by Gasteiger charge is -2.16. The summed E-state index contributed by atoms with van der Waals surface area (Å²) in [6.45, 7) is 0.0999. The minimum Gasteiger partial charge on any atom is -0.506 e. The van der Waals surface area contributed by atoms with Crippen LogP contribution in [0.15, 0.2) is 75.0 Å². The largest absolute Gasteiger partial charge is 0.506 e. The number of phenolic OH excluding ortho intramolecular Hbond substituents is 1. The quantitative estimate of drug-likeness (QED) is 0.208. The third-order valence-corrected chi connectivity index (χ3v) is 6.91. The van der Waals surface area contributed by atoms with Gasteiger partial charge in [-0.05, 0) is 75.7 Å². The van der Waals surface area contributed by atoms with Gasteiger partial charge in [-0.1, -0.05) is 12.1 Å². The van der Waals surface area contributed by atoms with E-state index < -0.39 is 16.8 Å². The fraction of sp³-hybridized carbons (Fsp3) is 0.0800. The summed E-state index contributed by atoms with van der Waals surface area (Å²) < 4.78 is 5.29. The summed E-state index contributed by atoms with van der Waals surface area (Å²) >= 11 is 4.16. The Kier molecular flexibility index (Phi) is 7.60. The fourth-order valence-corrected chi connectivity index (χ4v) is 4.85. The monoisotopic (exact) mass is 583 g/mol. The molecule has 3 aromatic carbocycles. The highest BCUT2D eigenvalue weighted by molar-refractivity contribution is 9.10. The number of nitrogens with zero attached hydrogens (tertiary/aromatic N) is 3. The molecule has 1 heterocycles. The fourth-order valence-electron chi connectivity index (χ4n) is 3.40.